The standard InChI is InChI=1S/C26H29N5O10/c27-26(38)39-13-14-8-9-18(40-25-22(35)20(33)21(34)23(41-25)24(36)37)16(11-14)28-19(32)7-4-10-31-12-17(29-30-31)15-5-2-1-3-6-15/h1-3,5-6,8-9,11-12,20-23,25,33-35H,4,7,10,13H2,(H2,27,38)(H,28,32)(H,36,37)/t20-,21-,22+,23-,25+/m0/s1. The van der Waals surface area contributed by atoms with Crippen LogP contribution in [0.1, 0.15) is 18.4 Å². The fourth-order valence-electron chi connectivity index (χ4n) is 4.06. The zero-order valence-electron chi connectivity index (χ0n) is 21.6. The third kappa shape index (κ3) is 7.55. The largest absolute Gasteiger partial charge is 0.479 e. The van der Waals surface area contributed by atoms with Crippen LogP contribution in [0.4, 0.5) is 10.5 Å². The minimum atomic E-state index is -1.90. The number of nitrogens with one attached hydrogen (secondary N) is 1. The van der Waals surface area contributed by atoms with Crippen LogP contribution in [0.2, 0.25) is 0 Å². The number of primary amides is 1. The first-order valence-corrected chi connectivity index (χ1v) is 12.5. The first-order valence-electron chi connectivity index (χ1n) is 12.5. The molecule has 0 bridgehead atoms. The van der Waals surface area contributed by atoms with Gasteiger partial charge in [0.2, 0.25) is 12.2 Å². The Labute approximate surface area is 233 Å². The number of rotatable bonds is 11. The summed E-state index contributed by atoms with van der Waals surface area (Å²) in [5.41, 5.74) is 7.13. The Hall–Kier alpha value is -4.57. The molecule has 1 aliphatic rings. The summed E-state index contributed by atoms with van der Waals surface area (Å²) in [7, 11) is 0. The van der Waals surface area contributed by atoms with E-state index in [9.17, 15) is 34.8 Å². The van der Waals surface area contributed by atoms with E-state index >= 15 is 0 Å². The predicted molar refractivity (Wildman–Crippen MR) is 139 cm³/mol. The van der Waals surface area contributed by atoms with Gasteiger partial charge in [-0.2, -0.15) is 0 Å². The molecule has 0 spiro atoms. The first kappa shape index (κ1) is 29.4. The highest BCUT2D eigenvalue weighted by atomic mass is 16.7. The van der Waals surface area contributed by atoms with Gasteiger partial charge in [-0.3, -0.25) is 9.48 Å². The SMILES string of the molecule is NC(=O)OCc1ccc(O[C@@H]2O[C@H](C(=O)O)[C@@H](O)[C@H](O)[C@H]2O)c(NC(=O)CCCn2cc(-c3ccccc3)nn2)c1. The highest BCUT2D eigenvalue weighted by molar-refractivity contribution is 5.92. The molecule has 2 heterocycles. The molecular weight excluding hydrogens is 542 g/mol. The van der Waals surface area contributed by atoms with Gasteiger partial charge in [-0.05, 0) is 24.1 Å². The molecule has 7 N–H and O–H groups in total. The number of carboxylic acids is 1. The summed E-state index contributed by atoms with van der Waals surface area (Å²) in [4.78, 5) is 35.2. The van der Waals surface area contributed by atoms with Crippen LogP contribution in [-0.2, 0) is 32.2 Å². The number of ether oxygens (including phenoxy) is 3. The average molecular weight is 572 g/mol. The van der Waals surface area contributed by atoms with Crippen molar-refractivity contribution in [2.24, 2.45) is 5.73 Å². The van der Waals surface area contributed by atoms with E-state index in [1.807, 2.05) is 30.3 Å². The van der Waals surface area contributed by atoms with Crippen molar-refractivity contribution in [2.75, 3.05) is 5.32 Å². The summed E-state index contributed by atoms with van der Waals surface area (Å²) in [6.07, 6.45) is -7.94. The molecule has 0 unspecified atom stereocenters. The van der Waals surface area contributed by atoms with Crippen LogP contribution in [0, 0.1) is 0 Å². The van der Waals surface area contributed by atoms with Crippen LogP contribution in [0.15, 0.2) is 54.7 Å². The predicted octanol–water partition coefficient (Wildman–Crippen LogP) is 0.230. The molecule has 15 nitrogen and oxygen atoms in total. The van der Waals surface area contributed by atoms with E-state index in [0.29, 0.717) is 24.2 Å². The molecule has 0 aliphatic carbocycles. The molecule has 3 aromatic rings. The lowest BCUT2D eigenvalue weighted by Gasteiger charge is -2.38. The van der Waals surface area contributed by atoms with Gasteiger partial charge in [0.15, 0.2) is 6.10 Å². The fourth-order valence-corrected chi connectivity index (χ4v) is 4.06. The van der Waals surface area contributed by atoms with Crippen LogP contribution >= 0.6 is 0 Å². The summed E-state index contributed by atoms with van der Waals surface area (Å²) < 4.78 is 17.2. The van der Waals surface area contributed by atoms with Gasteiger partial charge in [-0.15, -0.1) is 5.10 Å². The average Bonchev–Trinajstić information content (AvgIpc) is 3.42. The van der Waals surface area contributed by atoms with Crippen molar-refractivity contribution in [1.29, 1.82) is 0 Å². The molecule has 1 aromatic heterocycles. The molecule has 41 heavy (non-hydrogen) atoms. The number of amides is 2. The Bertz CT molecular complexity index is 1370. The molecule has 2 amide bonds. The summed E-state index contributed by atoms with van der Waals surface area (Å²) in [6, 6.07) is 13.8. The number of carbonyl (C=O) groups is 3. The number of aromatic nitrogens is 3. The van der Waals surface area contributed by atoms with Crippen LogP contribution in [0.5, 0.6) is 5.75 Å². The Morgan fingerprint density at radius 3 is 2.51 bits per heavy atom. The number of carboxylic acid groups (broad SMARTS) is 1. The monoisotopic (exact) mass is 571 g/mol. The quantitative estimate of drug-likeness (QED) is 0.182. The zero-order chi connectivity index (χ0) is 29.5. The maximum Gasteiger partial charge on any atom is 0.404 e. The van der Waals surface area contributed by atoms with Gasteiger partial charge in [0.25, 0.3) is 0 Å². The van der Waals surface area contributed by atoms with E-state index in [0.717, 1.165) is 5.56 Å². The second-order valence-corrected chi connectivity index (χ2v) is 9.18. The van der Waals surface area contributed by atoms with Crippen LogP contribution in [-0.4, -0.2) is 84.1 Å². The zero-order valence-corrected chi connectivity index (χ0v) is 21.6. The van der Waals surface area contributed by atoms with Gasteiger partial charge in [0.05, 0.1) is 11.9 Å². The lowest BCUT2D eigenvalue weighted by Crippen LogP contribution is -2.61. The van der Waals surface area contributed by atoms with Gasteiger partial charge < -0.3 is 45.7 Å². The molecule has 2 aromatic carbocycles. The van der Waals surface area contributed by atoms with Crippen molar-refractivity contribution in [2.45, 2.75) is 56.7 Å². The number of aliphatic hydroxyl groups excluding tert-OH is 3. The molecule has 15 heteroatoms. The smallest absolute Gasteiger partial charge is 0.404 e. The molecule has 4 rings (SSSR count). The molecule has 1 fully saturated rings. The third-order valence-electron chi connectivity index (χ3n) is 6.15. The number of aliphatic carboxylic acids is 1. The van der Waals surface area contributed by atoms with Crippen LogP contribution in [0.3, 0.4) is 0 Å². The summed E-state index contributed by atoms with van der Waals surface area (Å²) in [5.74, 6) is -2.05. The minimum absolute atomic E-state index is 0.0540. The first-order chi connectivity index (χ1) is 19.6. The number of nitrogens with zero attached hydrogens (tertiary/aromatic N) is 3. The van der Waals surface area contributed by atoms with E-state index in [-0.39, 0.29) is 24.5 Å². The van der Waals surface area contributed by atoms with Crippen molar-refractivity contribution in [3.63, 3.8) is 0 Å². The summed E-state index contributed by atoms with van der Waals surface area (Å²) in [5, 5.41) is 50.5. The summed E-state index contributed by atoms with van der Waals surface area (Å²) >= 11 is 0. The van der Waals surface area contributed by atoms with Crippen LogP contribution < -0.4 is 15.8 Å². The van der Waals surface area contributed by atoms with E-state index in [1.54, 1.807) is 10.9 Å². The Balaban J connectivity index is 1.43. The van der Waals surface area contributed by atoms with Gasteiger partial charge in [0, 0.05) is 18.5 Å². The molecule has 0 radical (unpaired) electrons. The Morgan fingerprint density at radius 2 is 1.80 bits per heavy atom. The third-order valence-corrected chi connectivity index (χ3v) is 6.15. The highest BCUT2D eigenvalue weighted by Crippen LogP contribution is 2.31. The number of hydrogen-bond donors (Lipinski definition) is 6. The summed E-state index contributed by atoms with van der Waals surface area (Å²) in [6.45, 7) is 0.186. The lowest BCUT2D eigenvalue weighted by molar-refractivity contribution is -0.271. The van der Waals surface area contributed by atoms with Gasteiger partial charge in [0.1, 0.15) is 36.4 Å². The number of aryl methyl sites for hydroxylation is 1. The second-order valence-electron chi connectivity index (χ2n) is 9.18. The van der Waals surface area contributed by atoms with E-state index in [4.69, 9.17) is 19.9 Å². The highest BCUT2D eigenvalue weighted by Gasteiger charge is 2.48. The number of nitrogens with two attached hydrogens (primary N) is 1. The van der Waals surface area contributed by atoms with Crippen molar-refractivity contribution in [3.05, 3.63) is 60.3 Å². The van der Waals surface area contributed by atoms with E-state index in [1.165, 1.54) is 18.2 Å². The second kappa shape index (κ2) is 13.2. The van der Waals surface area contributed by atoms with Gasteiger partial charge in [-0.25, -0.2) is 9.59 Å². The van der Waals surface area contributed by atoms with Crippen molar-refractivity contribution in [3.8, 4) is 17.0 Å². The number of benzene rings is 2. The van der Waals surface area contributed by atoms with Gasteiger partial charge >= 0.3 is 12.1 Å². The Kier molecular flexibility index (Phi) is 9.46. The van der Waals surface area contributed by atoms with Crippen molar-refractivity contribution >= 4 is 23.7 Å². The normalized spacial score (nSPS) is 22.1. The van der Waals surface area contributed by atoms with Gasteiger partial charge in [-0.1, -0.05) is 41.6 Å². The molecule has 5 atom stereocenters. The maximum atomic E-state index is 12.8. The molecule has 0 saturated carbocycles. The fraction of sp³-hybridized carbons (Fsp3) is 0.346. The molecule has 1 aliphatic heterocycles. The minimum Gasteiger partial charge on any atom is -0.479 e. The number of hydrogen-bond acceptors (Lipinski definition) is 11. The lowest BCUT2D eigenvalue weighted by atomic mass is 9.99. The molecular formula is C26H29N5O10. The maximum absolute atomic E-state index is 12.8. The van der Waals surface area contributed by atoms with Crippen molar-refractivity contribution < 1.29 is 49.0 Å². The molecule has 1 saturated heterocycles. The number of aliphatic hydroxyl groups is 3. The van der Waals surface area contributed by atoms with E-state index < -0.39 is 48.7 Å². The number of anilines is 1. The van der Waals surface area contributed by atoms with Crippen molar-refractivity contribution in [1.82, 2.24) is 15.0 Å². The number of carbonyl (C=O) groups excluding carboxylic acids is 2. The van der Waals surface area contributed by atoms with Crippen LogP contribution in [0.25, 0.3) is 11.3 Å². The molecule has 218 valence electrons. The Morgan fingerprint density at radius 1 is 1.05 bits per heavy atom. The van der Waals surface area contributed by atoms with E-state index in [2.05, 4.69) is 15.6 Å². The topological polar surface area (TPSA) is 229 Å².